The Bertz CT molecular complexity index is 2610. The Hall–Kier alpha value is -7.44. The van der Waals surface area contributed by atoms with Crippen LogP contribution in [0, 0.1) is 0 Å². The van der Waals surface area contributed by atoms with Crippen molar-refractivity contribution < 1.29 is 0 Å². The van der Waals surface area contributed by atoms with E-state index in [0.29, 0.717) is 23.3 Å². The Balaban J connectivity index is 1.06. The van der Waals surface area contributed by atoms with Gasteiger partial charge in [0.2, 0.25) is 0 Å². The van der Waals surface area contributed by atoms with Gasteiger partial charge in [-0.3, -0.25) is 4.98 Å². The molecule has 0 unspecified atom stereocenters. The van der Waals surface area contributed by atoms with Crippen LogP contribution in [0.4, 0.5) is 0 Å². The topological polar surface area (TPSA) is 77.3 Å². The van der Waals surface area contributed by atoms with Crippen molar-refractivity contribution in [3.63, 3.8) is 0 Å². The number of pyridine rings is 1. The predicted molar refractivity (Wildman–Crippen MR) is 217 cm³/mol. The van der Waals surface area contributed by atoms with Crippen molar-refractivity contribution in [3.8, 4) is 90.3 Å². The van der Waals surface area contributed by atoms with E-state index < -0.39 is 0 Å². The highest BCUT2D eigenvalue weighted by Gasteiger charge is 2.15. The third kappa shape index (κ3) is 6.92. The second-order valence-corrected chi connectivity index (χ2v) is 12.8. The molecule has 6 aromatic carbocycles. The molecule has 0 atom stereocenters. The summed E-state index contributed by atoms with van der Waals surface area (Å²) in [6, 6.07) is 61.6. The van der Waals surface area contributed by atoms with Gasteiger partial charge in [0.1, 0.15) is 0 Å². The maximum atomic E-state index is 5.01. The molecule has 54 heavy (non-hydrogen) atoms. The van der Waals surface area contributed by atoms with E-state index >= 15 is 0 Å². The van der Waals surface area contributed by atoms with Crippen molar-refractivity contribution in [2.75, 3.05) is 0 Å². The Kier molecular flexibility index (Phi) is 8.81. The highest BCUT2D eigenvalue weighted by atomic mass is 15.0. The summed E-state index contributed by atoms with van der Waals surface area (Å²) >= 11 is 0. The summed E-state index contributed by atoms with van der Waals surface area (Å²) in [6.07, 6.45) is 3.64. The number of hydrogen-bond donors (Lipinski definition) is 0. The van der Waals surface area contributed by atoms with E-state index in [1.807, 2.05) is 97.2 Å². The van der Waals surface area contributed by atoms with E-state index in [-0.39, 0.29) is 0 Å². The molecule has 0 N–H and O–H groups in total. The molecule has 0 bridgehead atoms. The summed E-state index contributed by atoms with van der Waals surface area (Å²) in [4.78, 5) is 29.1. The van der Waals surface area contributed by atoms with Gasteiger partial charge in [-0.05, 0) is 40.5 Å². The van der Waals surface area contributed by atoms with Crippen LogP contribution in [-0.4, -0.2) is 29.9 Å². The highest BCUT2D eigenvalue weighted by Crippen LogP contribution is 2.32. The number of hydrogen-bond acceptors (Lipinski definition) is 6. The number of benzene rings is 6. The second kappa shape index (κ2) is 14.7. The van der Waals surface area contributed by atoms with E-state index in [2.05, 4.69) is 96.0 Å². The van der Waals surface area contributed by atoms with Gasteiger partial charge in [0.15, 0.2) is 23.3 Å². The highest BCUT2D eigenvalue weighted by molar-refractivity contribution is 5.77. The standard InChI is InChI=1S/C48H32N6/c1-4-12-35(13-5-1)43-31-44(51-45(50-43)37-14-6-2-7-15-37)36-25-21-33(22-26-36)40-18-10-19-41(30-40)48-53-46(38-16-8-3-9-17-38)52-47(54-48)39-27-23-34(24-28-39)42-20-11-29-49-32-42/h1-32H. The zero-order chi connectivity index (χ0) is 36.1. The molecule has 9 rings (SSSR count). The molecule has 0 aliphatic heterocycles. The average molecular weight is 693 g/mol. The van der Waals surface area contributed by atoms with Gasteiger partial charge in [0.05, 0.1) is 11.4 Å². The Morgan fingerprint density at radius 2 is 0.630 bits per heavy atom. The lowest BCUT2D eigenvalue weighted by Gasteiger charge is -2.11. The SMILES string of the molecule is c1ccc(-c2cc(-c3ccc(-c4cccc(-c5nc(-c6ccccc6)nc(-c6ccc(-c7cccnc7)cc6)n5)c4)cc3)nc(-c3ccccc3)n2)cc1. The fraction of sp³-hybridized carbons (Fsp3) is 0. The first kappa shape index (κ1) is 32.5. The maximum Gasteiger partial charge on any atom is 0.164 e. The number of nitrogens with zero attached hydrogens (tertiary/aromatic N) is 6. The van der Waals surface area contributed by atoms with E-state index in [4.69, 9.17) is 24.9 Å². The first-order chi connectivity index (χ1) is 26.7. The zero-order valence-electron chi connectivity index (χ0n) is 29.2. The fourth-order valence-corrected chi connectivity index (χ4v) is 6.44. The maximum absolute atomic E-state index is 5.01. The minimum Gasteiger partial charge on any atom is -0.264 e. The van der Waals surface area contributed by atoms with Crippen LogP contribution in [0.1, 0.15) is 0 Å². The van der Waals surface area contributed by atoms with Gasteiger partial charge in [-0.25, -0.2) is 24.9 Å². The zero-order valence-corrected chi connectivity index (χ0v) is 29.2. The van der Waals surface area contributed by atoms with Crippen LogP contribution in [0.25, 0.3) is 90.3 Å². The molecule has 0 amide bonds. The first-order valence-electron chi connectivity index (χ1n) is 17.8. The molecule has 0 fully saturated rings. The van der Waals surface area contributed by atoms with Crippen molar-refractivity contribution >= 4 is 0 Å². The van der Waals surface area contributed by atoms with Gasteiger partial charge >= 0.3 is 0 Å². The van der Waals surface area contributed by atoms with Crippen molar-refractivity contribution in [1.82, 2.24) is 29.9 Å². The van der Waals surface area contributed by atoms with Gasteiger partial charge in [-0.2, -0.15) is 0 Å². The summed E-state index contributed by atoms with van der Waals surface area (Å²) in [5.41, 5.74) is 11.8. The third-order valence-corrected chi connectivity index (χ3v) is 9.27. The molecule has 3 heterocycles. The molecule has 3 aromatic heterocycles. The van der Waals surface area contributed by atoms with Crippen LogP contribution in [0.15, 0.2) is 194 Å². The lowest BCUT2D eigenvalue weighted by Crippen LogP contribution is -2.00. The Labute approximate surface area is 313 Å². The number of aromatic nitrogens is 6. The summed E-state index contributed by atoms with van der Waals surface area (Å²) in [6.45, 7) is 0. The molecule has 254 valence electrons. The molecule has 0 saturated heterocycles. The third-order valence-electron chi connectivity index (χ3n) is 9.27. The normalized spacial score (nSPS) is 11.0. The van der Waals surface area contributed by atoms with Crippen molar-refractivity contribution in [3.05, 3.63) is 194 Å². The summed E-state index contributed by atoms with van der Waals surface area (Å²) in [5.74, 6) is 2.54. The van der Waals surface area contributed by atoms with Gasteiger partial charge in [-0.1, -0.05) is 164 Å². The van der Waals surface area contributed by atoms with Crippen molar-refractivity contribution in [2.45, 2.75) is 0 Å². The minimum atomic E-state index is 0.608. The average Bonchev–Trinajstić information content (AvgIpc) is 3.27. The van der Waals surface area contributed by atoms with Crippen LogP contribution in [-0.2, 0) is 0 Å². The first-order valence-corrected chi connectivity index (χ1v) is 17.8. The van der Waals surface area contributed by atoms with E-state index in [9.17, 15) is 0 Å². The lowest BCUT2D eigenvalue weighted by atomic mass is 10.00. The van der Waals surface area contributed by atoms with E-state index in [1.165, 1.54) is 0 Å². The lowest BCUT2D eigenvalue weighted by molar-refractivity contribution is 1.07. The predicted octanol–water partition coefficient (Wildman–Crippen LogP) is 11.4. The molecular formula is C48H32N6. The minimum absolute atomic E-state index is 0.608. The summed E-state index contributed by atoms with van der Waals surface area (Å²) in [7, 11) is 0. The van der Waals surface area contributed by atoms with E-state index in [0.717, 1.165) is 67.0 Å². The Morgan fingerprint density at radius 3 is 1.19 bits per heavy atom. The monoisotopic (exact) mass is 692 g/mol. The quantitative estimate of drug-likeness (QED) is 0.158. The van der Waals surface area contributed by atoms with Gasteiger partial charge in [0.25, 0.3) is 0 Å². The van der Waals surface area contributed by atoms with Crippen molar-refractivity contribution in [2.24, 2.45) is 0 Å². The Morgan fingerprint density at radius 1 is 0.241 bits per heavy atom. The molecule has 0 radical (unpaired) electrons. The molecule has 6 nitrogen and oxygen atoms in total. The van der Waals surface area contributed by atoms with Gasteiger partial charge < -0.3 is 0 Å². The fourth-order valence-electron chi connectivity index (χ4n) is 6.44. The second-order valence-electron chi connectivity index (χ2n) is 12.8. The molecule has 0 aliphatic carbocycles. The molecule has 9 aromatic rings. The summed E-state index contributed by atoms with van der Waals surface area (Å²) in [5, 5.41) is 0. The van der Waals surface area contributed by atoms with Crippen molar-refractivity contribution in [1.29, 1.82) is 0 Å². The molecule has 0 saturated carbocycles. The smallest absolute Gasteiger partial charge is 0.164 e. The van der Waals surface area contributed by atoms with Gasteiger partial charge in [0, 0.05) is 45.8 Å². The molecule has 6 heteroatoms. The van der Waals surface area contributed by atoms with Crippen LogP contribution in [0.3, 0.4) is 0 Å². The largest absolute Gasteiger partial charge is 0.264 e. The van der Waals surface area contributed by atoms with Crippen LogP contribution < -0.4 is 0 Å². The molecule has 0 spiro atoms. The van der Waals surface area contributed by atoms with Crippen LogP contribution in [0.5, 0.6) is 0 Å². The van der Waals surface area contributed by atoms with Crippen LogP contribution in [0.2, 0.25) is 0 Å². The number of rotatable bonds is 8. The van der Waals surface area contributed by atoms with Gasteiger partial charge in [-0.15, -0.1) is 0 Å². The molecular weight excluding hydrogens is 661 g/mol. The van der Waals surface area contributed by atoms with Crippen LogP contribution >= 0.6 is 0 Å². The molecule has 0 aliphatic rings. The summed E-state index contributed by atoms with van der Waals surface area (Å²) < 4.78 is 0. The van der Waals surface area contributed by atoms with E-state index in [1.54, 1.807) is 6.20 Å².